The van der Waals surface area contributed by atoms with E-state index in [2.05, 4.69) is 9.97 Å². The molecule has 2 saturated heterocycles. The molecule has 7 nitrogen and oxygen atoms in total. The van der Waals surface area contributed by atoms with Gasteiger partial charge in [0.05, 0.1) is 5.56 Å². The molecule has 1 atom stereocenters. The normalized spacial score (nSPS) is 18.5. The lowest BCUT2D eigenvalue weighted by atomic mass is 9.90. The van der Waals surface area contributed by atoms with Gasteiger partial charge in [-0.1, -0.05) is 19.1 Å². The number of nitrogens with zero attached hydrogens (tertiary/aromatic N) is 5. The third kappa shape index (κ3) is 7.88. The van der Waals surface area contributed by atoms with E-state index >= 15 is 0 Å². The number of anilines is 2. The smallest absolute Gasteiger partial charge is 0.356 e. The Morgan fingerprint density at radius 2 is 1.51 bits per heavy atom. The maximum absolute atomic E-state index is 13.7. The van der Waals surface area contributed by atoms with E-state index in [1.54, 1.807) is 21.6 Å². The Hall–Kier alpha value is -3.38. The maximum Gasteiger partial charge on any atom is 0.451 e. The molecule has 1 amide bonds. The number of amides is 1. The van der Waals surface area contributed by atoms with Crippen molar-refractivity contribution in [3.05, 3.63) is 47.3 Å². The summed E-state index contributed by atoms with van der Waals surface area (Å²) in [5.41, 5.74) is -0.0285. The lowest BCUT2D eigenvalue weighted by Crippen LogP contribution is -2.49. The van der Waals surface area contributed by atoms with Crippen LogP contribution in [0.15, 0.2) is 30.3 Å². The molecule has 2 fully saturated rings. The third-order valence-corrected chi connectivity index (χ3v) is 7.58. The highest BCUT2D eigenvalue weighted by Crippen LogP contribution is 2.33. The van der Waals surface area contributed by atoms with Crippen molar-refractivity contribution in [2.24, 2.45) is 5.92 Å². The van der Waals surface area contributed by atoms with Gasteiger partial charge in [0, 0.05) is 64.1 Å². The molecule has 2 aliphatic heterocycles. The number of alkyl halides is 6. The molecule has 13 heteroatoms. The minimum atomic E-state index is -4.76. The minimum Gasteiger partial charge on any atom is -0.356 e. The summed E-state index contributed by atoms with van der Waals surface area (Å²) in [4.78, 5) is 37.6. The van der Waals surface area contributed by atoms with E-state index in [1.807, 2.05) is 0 Å². The molecule has 0 aliphatic carbocycles. The quantitative estimate of drug-likeness (QED) is 0.388. The number of hydrogen-bond donors (Lipinski definition) is 0. The predicted octanol–water partition coefficient (Wildman–Crippen LogP) is 5.38. The van der Waals surface area contributed by atoms with Crippen LogP contribution in [0, 0.1) is 5.92 Å². The number of aromatic nitrogens is 2. The van der Waals surface area contributed by atoms with Crippen LogP contribution in [0.4, 0.5) is 38.0 Å². The van der Waals surface area contributed by atoms with Crippen molar-refractivity contribution in [2.75, 3.05) is 49.1 Å². The Kier molecular flexibility index (Phi) is 9.43. The van der Waals surface area contributed by atoms with Crippen molar-refractivity contribution < 1.29 is 35.9 Å². The highest BCUT2D eigenvalue weighted by Gasteiger charge is 2.37. The largest absolute Gasteiger partial charge is 0.451 e. The first-order valence-corrected chi connectivity index (χ1v) is 13.8. The number of ketones is 1. The third-order valence-electron chi connectivity index (χ3n) is 7.58. The molecule has 1 aromatic heterocycles. The molecule has 0 N–H and O–H groups in total. The molecule has 0 saturated carbocycles. The number of carbonyl (C=O) groups is 2. The fraction of sp³-hybridized carbons (Fsp3) is 0.571. The molecule has 224 valence electrons. The molecule has 0 unspecified atom stereocenters. The van der Waals surface area contributed by atoms with Gasteiger partial charge in [-0.05, 0) is 43.4 Å². The second-order valence-corrected chi connectivity index (χ2v) is 10.4. The second-order valence-electron chi connectivity index (χ2n) is 10.4. The second kappa shape index (κ2) is 12.6. The molecule has 3 heterocycles. The van der Waals surface area contributed by atoms with Crippen molar-refractivity contribution in [1.82, 2.24) is 14.9 Å². The van der Waals surface area contributed by atoms with Crippen molar-refractivity contribution >= 4 is 23.3 Å². The number of piperidine rings is 1. The lowest BCUT2D eigenvalue weighted by molar-refractivity contribution is -0.145. The molecule has 1 aromatic carbocycles. The standard InChI is InChI=1S/C28H33F6N5O2/c1-2-25(41)38-15-13-37(14-16-38)23-17-24(36-26(35-23)28(32,33)34)39-12-4-6-20(18-39)22(40)7-3-5-19-8-10-21(11-9-19)27(29,30)31/h8-11,17,20H,2-7,12-16,18H2,1H3/t20-/m1/s1. The maximum atomic E-state index is 13.7. The average molecular weight is 586 g/mol. The highest BCUT2D eigenvalue weighted by molar-refractivity contribution is 5.82. The van der Waals surface area contributed by atoms with E-state index in [0.717, 1.165) is 12.1 Å². The van der Waals surface area contributed by atoms with Crippen LogP contribution >= 0.6 is 0 Å². The monoisotopic (exact) mass is 585 g/mol. The molecule has 41 heavy (non-hydrogen) atoms. The Labute approximate surface area is 234 Å². The topological polar surface area (TPSA) is 69.6 Å². The van der Waals surface area contributed by atoms with Gasteiger partial charge in [-0.15, -0.1) is 0 Å². The van der Waals surface area contributed by atoms with E-state index < -0.39 is 23.7 Å². The Balaban J connectivity index is 1.40. The summed E-state index contributed by atoms with van der Waals surface area (Å²) in [7, 11) is 0. The number of hydrogen-bond acceptors (Lipinski definition) is 6. The summed E-state index contributed by atoms with van der Waals surface area (Å²) in [5, 5.41) is 0. The molecule has 2 aliphatic rings. The van der Waals surface area contributed by atoms with Crippen LogP contribution in [0.25, 0.3) is 0 Å². The molecule has 2 aromatic rings. The zero-order valence-corrected chi connectivity index (χ0v) is 22.8. The van der Waals surface area contributed by atoms with Crippen LogP contribution in [-0.2, 0) is 28.4 Å². The zero-order valence-electron chi connectivity index (χ0n) is 22.8. The van der Waals surface area contributed by atoms with E-state index in [4.69, 9.17) is 0 Å². The fourth-order valence-corrected chi connectivity index (χ4v) is 5.26. The summed E-state index contributed by atoms with van der Waals surface area (Å²) in [6.07, 6.45) is -6.46. The Morgan fingerprint density at radius 1 is 0.878 bits per heavy atom. The number of aryl methyl sites for hydroxylation is 1. The van der Waals surface area contributed by atoms with Gasteiger partial charge >= 0.3 is 12.4 Å². The summed E-state index contributed by atoms with van der Waals surface area (Å²) in [6, 6.07) is 6.37. The zero-order chi connectivity index (χ0) is 29.8. The van der Waals surface area contributed by atoms with Gasteiger partial charge in [-0.2, -0.15) is 26.3 Å². The van der Waals surface area contributed by atoms with E-state index in [0.29, 0.717) is 70.4 Å². The molecule has 0 spiro atoms. The summed E-state index contributed by atoms with van der Waals surface area (Å²) >= 11 is 0. The van der Waals surface area contributed by atoms with Crippen LogP contribution in [0.2, 0.25) is 0 Å². The first-order valence-electron chi connectivity index (χ1n) is 13.8. The van der Waals surface area contributed by atoms with Crippen LogP contribution in [0.1, 0.15) is 56.0 Å². The number of benzene rings is 1. The lowest BCUT2D eigenvalue weighted by Gasteiger charge is -2.37. The summed E-state index contributed by atoms with van der Waals surface area (Å²) < 4.78 is 79.5. The number of carbonyl (C=O) groups excluding carboxylic acids is 2. The van der Waals surface area contributed by atoms with E-state index in [9.17, 15) is 35.9 Å². The number of piperazine rings is 1. The van der Waals surface area contributed by atoms with Crippen LogP contribution < -0.4 is 9.80 Å². The first kappa shape index (κ1) is 30.6. The average Bonchev–Trinajstić information content (AvgIpc) is 2.96. The van der Waals surface area contributed by atoms with Crippen molar-refractivity contribution in [2.45, 2.75) is 57.8 Å². The van der Waals surface area contributed by atoms with Crippen molar-refractivity contribution in [3.8, 4) is 0 Å². The first-order chi connectivity index (χ1) is 19.3. The van der Waals surface area contributed by atoms with Gasteiger partial charge in [-0.25, -0.2) is 9.97 Å². The van der Waals surface area contributed by atoms with Crippen molar-refractivity contribution in [3.63, 3.8) is 0 Å². The molecular formula is C28H33F6N5O2. The van der Waals surface area contributed by atoms with Gasteiger partial charge in [0.1, 0.15) is 17.4 Å². The summed E-state index contributed by atoms with van der Waals surface area (Å²) in [6.45, 7) is 3.91. The molecule has 0 radical (unpaired) electrons. The van der Waals surface area contributed by atoms with Crippen LogP contribution in [0.3, 0.4) is 0 Å². The fourth-order valence-electron chi connectivity index (χ4n) is 5.26. The van der Waals surface area contributed by atoms with Gasteiger partial charge in [0.2, 0.25) is 11.7 Å². The predicted molar refractivity (Wildman–Crippen MR) is 140 cm³/mol. The molecular weight excluding hydrogens is 552 g/mol. The van der Waals surface area contributed by atoms with E-state index in [1.165, 1.54) is 18.2 Å². The van der Waals surface area contributed by atoms with Crippen LogP contribution in [0.5, 0.6) is 0 Å². The van der Waals surface area contributed by atoms with Gasteiger partial charge in [-0.3, -0.25) is 9.59 Å². The SMILES string of the molecule is CCC(=O)N1CCN(c2cc(N3CCC[C@@H](C(=O)CCCc4ccc(C(F)(F)F)cc4)C3)nc(C(F)(F)F)n2)CC1. The Bertz CT molecular complexity index is 1210. The number of Topliss-reactive ketones (excluding diaryl/α,β-unsaturated/α-hetero) is 1. The summed E-state index contributed by atoms with van der Waals surface area (Å²) in [5.74, 6) is -1.42. The number of halogens is 6. The Morgan fingerprint density at radius 3 is 2.10 bits per heavy atom. The molecule has 4 rings (SSSR count). The van der Waals surface area contributed by atoms with Crippen LogP contribution in [-0.4, -0.2) is 65.8 Å². The van der Waals surface area contributed by atoms with E-state index in [-0.39, 0.29) is 42.2 Å². The highest BCUT2D eigenvalue weighted by atomic mass is 19.4. The minimum absolute atomic E-state index is 0.00704. The van der Waals surface area contributed by atoms with Crippen molar-refractivity contribution in [1.29, 1.82) is 0 Å². The van der Waals surface area contributed by atoms with Gasteiger partial charge in [0.25, 0.3) is 0 Å². The molecule has 0 bridgehead atoms. The van der Waals surface area contributed by atoms with Gasteiger partial charge < -0.3 is 14.7 Å². The van der Waals surface area contributed by atoms with Gasteiger partial charge in [0.15, 0.2) is 0 Å². The number of rotatable bonds is 8.